The zero-order valence-corrected chi connectivity index (χ0v) is 36.4. The number of halogens is 2. The number of fused-ring (bicyclic) bond motifs is 4. The molecular weight excluding hydrogens is 831 g/mol. The van der Waals surface area contributed by atoms with Crippen LogP contribution in [-0.2, 0) is 28.5 Å². The maximum atomic E-state index is 13.2. The molecule has 18 heteroatoms. The van der Waals surface area contributed by atoms with Crippen molar-refractivity contribution in [3.05, 3.63) is 80.7 Å². The third kappa shape index (κ3) is 11.4. The van der Waals surface area contributed by atoms with Gasteiger partial charge in [-0.2, -0.15) is 5.26 Å². The van der Waals surface area contributed by atoms with Gasteiger partial charge in [-0.05, 0) is 50.6 Å². The number of alkyl halides is 1. The van der Waals surface area contributed by atoms with Gasteiger partial charge in [-0.1, -0.05) is 23.7 Å². The average molecular weight is 882 g/mol. The van der Waals surface area contributed by atoms with E-state index in [2.05, 4.69) is 40.3 Å². The summed E-state index contributed by atoms with van der Waals surface area (Å²) in [7, 11) is 0. The Labute approximate surface area is 364 Å². The minimum Gasteiger partial charge on any atom is -0.489 e. The number of hydrogen-bond donors (Lipinski definition) is 1. The molecule has 0 radical (unpaired) electrons. The van der Waals surface area contributed by atoms with Gasteiger partial charge >= 0.3 is 0 Å². The van der Waals surface area contributed by atoms with Crippen LogP contribution in [0.25, 0.3) is 5.00 Å². The smallest absolute Gasteiger partial charge is 0.241 e. The van der Waals surface area contributed by atoms with Gasteiger partial charge in [0.1, 0.15) is 35.1 Å². The number of carbonyl (C=O) groups excluding carboxylic acids is 2. The Bertz CT molecular complexity index is 2160. The SMILES string of the molecule is Cc1sc2c(c1C)C(c1ccc(Cl)cc1)=N[C@@H](CC(=O)NCCOCCOCCOCCOCCN1CCOc3cc(N(CCC#N)C(=O)CCl)ccc31)c1nnc(C)n1-2. The molecule has 6 rings (SSSR count). The van der Waals surface area contributed by atoms with E-state index in [1.807, 2.05) is 54.0 Å². The quantitative estimate of drug-likeness (QED) is 0.0754. The van der Waals surface area contributed by atoms with Crippen LogP contribution < -0.4 is 19.9 Å². The number of carbonyl (C=O) groups is 2. The molecule has 15 nitrogen and oxygen atoms in total. The summed E-state index contributed by atoms with van der Waals surface area (Å²) in [5.74, 6) is 1.46. The Kier molecular flexibility index (Phi) is 16.7. The van der Waals surface area contributed by atoms with Crippen molar-refractivity contribution in [3.63, 3.8) is 0 Å². The largest absolute Gasteiger partial charge is 0.489 e. The lowest BCUT2D eigenvalue weighted by atomic mass is 9.99. The number of rotatable bonds is 22. The summed E-state index contributed by atoms with van der Waals surface area (Å²) in [4.78, 5) is 35.6. The minimum absolute atomic E-state index is 0.103. The molecule has 1 N–H and O–H groups in total. The molecule has 2 aromatic heterocycles. The number of nitriles is 1. The zero-order valence-electron chi connectivity index (χ0n) is 34.1. The van der Waals surface area contributed by atoms with E-state index >= 15 is 0 Å². The highest BCUT2D eigenvalue weighted by Crippen LogP contribution is 2.40. The summed E-state index contributed by atoms with van der Waals surface area (Å²) in [5, 5.41) is 22.4. The predicted octanol–water partition coefficient (Wildman–Crippen LogP) is 5.76. The number of benzene rings is 2. The van der Waals surface area contributed by atoms with Crippen molar-refractivity contribution in [1.82, 2.24) is 20.1 Å². The molecule has 0 unspecified atom stereocenters. The molecule has 2 aliphatic heterocycles. The van der Waals surface area contributed by atoms with Crippen LogP contribution in [0.4, 0.5) is 11.4 Å². The summed E-state index contributed by atoms with van der Waals surface area (Å²) in [6.07, 6.45) is 0.309. The summed E-state index contributed by atoms with van der Waals surface area (Å²) < 4.78 is 30.6. The second-order valence-corrected chi connectivity index (χ2v) is 15.9. The Morgan fingerprint density at radius 3 is 2.38 bits per heavy atom. The highest BCUT2D eigenvalue weighted by Gasteiger charge is 2.32. The zero-order chi connectivity index (χ0) is 42.4. The van der Waals surface area contributed by atoms with Crippen molar-refractivity contribution < 1.29 is 33.3 Å². The number of anilines is 2. The van der Waals surface area contributed by atoms with Crippen LogP contribution in [0.5, 0.6) is 5.75 Å². The predicted molar refractivity (Wildman–Crippen MR) is 232 cm³/mol. The molecule has 0 saturated heterocycles. The van der Waals surface area contributed by atoms with Gasteiger partial charge in [0.15, 0.2) is 5.82 Å². The molecule has 0 bridgehead atoms. The van der Waals surface area contributed by atoms with Crippen molar-refractivity contribution in [2.45, 2.75) is 39.7 Å². The van der Waals surface area contributed by atoms with Crippen molar-refractivity contribution in [2.24, 2.45) is 4.99 Å². The van der Waals surface area contributed by atoms with E-state index in [-0.39, 0.29) is 37.1 Å². The van der Waals surface area contributed by atoms with Crippen molar-refractivity contribution in [1.29, 1.82) is 5.26 Å². The van der Waals surface area contributed by atoms with Crippen LogP contribution in [0.1, 0.15) is 52.1 Å². The first kappa shape index (κ1) is 44.9. The summed E-state index contributed by atoms with van der Waals surface area (Å²) in [6, 6.07) is 14.7. The van der Waals surface area contributed by atoms with Crippen LogP contribution >= 0.6 is 34.5 Å². The summed E-state index contributed by atoms with van der Waals surface area (Å²) in [5.41, 5.74) is 5.45. The molecule has 2 amide bonds. The number of aromatic nitrogens is 3. The van der Waals surface area contributed by atoms with Gasteiger partial charge in [-0.3, -0.25) is 19.1 Å². The maximum absolute atomic E-state index is 13.2. The first-order chi connectivity index (χ1) is 29.2. The molecule has 4 heterocycles. The van der Waals surface area contributed by atoms with Crippen LogP contribution in [0.3, 0.4) is 0 Å². The molecule has 2 aliphatic rings. The molecule has 0 saturated carbocycles. The minimum atomic E-state index is -0.542. The van der Waals surface area contributed by atoms with E-state index in [4.69, 9.17) is 57.1 Å². The van der Waals surface area contributed by atoms with Crippen LogP contribution in [0, 0.1) is 32.1 Å². The number of thiophene rings is 1. The molecule has 0 aliphatic carbocycles. The van der Waals surface area contributed by atoms with Gasteiger partial charge in [-0.15, -0.1) is 33.1 Å². The lowest BCUT2D eigenvalue weighted by molar-refractivity contribution is -0.121. The number of amides is 2. The standard InChI is InChI=1S/C42H50Cl2N8O7S/c1-28-29(2)60-42-39(28)40(31-5-7-32(44)8-6-31)47-34(41-49-48-30(3)52(41)42)26-37(53)46-12-16-55-19-21-57-23-24-58-22-20-56-17-14-50-15-18-59-36-25-33(9-10-35(36)50)51(13-4-11-45)38(54)27-43/h5-10,25,34H,4,12-24,26-27H2,1-3H3,(H,46,53)/t34-/m0/s1. The number of hydrogen-bond acceptors (Lipinski definition) is 13. The van der Waals surface area contributed by atoms with Gasteiger partial charge in [0.25, 0.3) is 0 Å². The molecule has 0 spiro atoms. The average Bonchev–Trinajstić information content (AvgIpc) is 3.73. The van der Waals surface area contributed by atoms with Crippen molar-refractivity contribution >= 4 is 63.4 Å². The first-order valence-electron chi connectivity index (χ1n) is 19.9. The number of aliphatic imine (C=N–C) groups is 1. The number of aryl methyl sites for hydroxylation is 2. The second kappa shape index (κ2) is 22.3. The summed E-state index contributed by atoms with van der Waals surface area (Å²) >= 11 is 13.7. The van der Waals surface area contributed by atoms with Gasteiger partial charge in [0, 0.05) is 52.4 Å². The van der Waals surface area contributed by atoms with Gasteiger partial charge in [0.05, 0.1) is 89.7 Å². The molecule has 320 valence electrons. The van der Waals surface area contributed by atoms with Crippen LogP contribution in [0.2, 0.25) is 5.02 Å². The van der Waals surface area contributed by atoms with Crippen molar-refractivity contribution in [3.8, 4) is 16.8 Å². The highest BCUT2D eigenvalue weighted by atomic mass is 35.5. The number of nitrogens with zero attached hydrogens (tertiary/aromatic N) is 7. The fraction of sp³-hybridized carbons (Fsp3) is 0.476. The van der Waals surface area contributed by atoms with E-state index < -0.39 is 6.04 Å². The molecular formula is C42H50Cl2N8O7S. The van der Waals surface area contributed by atoms with E-state index in [0.29, 0.717) is 101 Å². The fourth-order valence-corrected chi connectivity index (χ4v) is 8.36. The van der Waals surface area contributed by atoms with Gasteiger partial charge in [0.2, 0.25) is 11.8 Å². The molecule has 60 heavy (non-hydrogen) atoms. The molecule has 4 aromatic rings. The number of ether oxygens (including phenoxy) is 5. The van der Waals surface area contributed by atoms with Gasteiger partial charge < -0.3 is 38.8 Å². The van der Waals surface area contributed by atoms with E-state index in [9.17, 15) is 9.59 Å². The first-order valence-corrected chi connectivity index (χ1v) is 21.6. The Balaban J connectivity index is 0.835. The monoisotopic (exact) mass is 880 g/mol. The van der Waals surface area contributed by atoms with Crippen molar-refractivity contribution in [2.75, 3.05) is 101 Å². The Hall–Kier alpha value is -4.60. The topological polar surface area (TPSA) is 166 Å². The van der Waals surface area contributed by atoms with E-state index in [1.165, 1.54) is 9.78 Å². The number of nitrogens with one attached hydrogen (secondary N) is 1. The second-order valence-electron chi connectivity index (χ2n) is 14.0. The molecule has 0 fully saturated rings. The lowest BCUT2D eigenvalue weighted by Crippen LogP contribution is -2.36. The third-order valence-corrected chi connectivity index (χ3v) is 11.7. The summed E-state index contributed by atoms with van der Waals surface area (Å²) in [6.45, 7) is 12.0. The Morgan fingerprint density at radius 2 is 1.68 bits per heavy atom. The highest BCUT2D eigenvalue weighted by molar-refractivity contribution is 7.15. The van der Waals surface area contributed by atoms with E-state index in [1.54, 1.807) is 11.3 Å². The Morgan fingerprint density at radius 1 is 0.983 bits per heavy atom. The normalized spacial score (nSPS) is 14.3. The maximum Gasteiger partial charge on any atom is 0.241 e. The third-order valence-electron chi connectivity index (χ3n) is 10.0. The molecule has 1 atom stereocenters. The van der Waals surface area contributed by atoms with E-state index in [0.717, 1.165) is 38.9 Å². The van der Waals surface area contributed by atoms with Gasteiger partial charge in [-0.25, -0.2) is 0 Å². The lowest BCUT2D eigenvalue weighted by Gasteiger charge is -2.32. The van der Waals surface area contributed by atoms with Crippen LogP contribution in [-0.4, -0.2) is 124 Å². The fourth-order valence-electron chi connectivity index (χ4n) is 6.88. The van der Waals surface area contributed by atoms with Crippen LogP contribution in [0.15, 0.2) is 47.5 Å². The molecule has 2 aromatic carbocycles.